The van der Waals surface area contributed by atoms with E-state index in [0.717, 1.165) is 5.75 Å². The normalized spacial score (nSPS) is 11.9. The first-order valence-corrected chi connectivity index (χ1v) is 4.44. The molecule has 0 saturated heterocycles. The summed E-state index contributed by atoms with van der Waals surface area (Å²) in [7, 11) is 1.59. The number of benzene rings is 1. The van der Waals surface area contributed by atoms with Crippen molar-refractivity contribution < 1.29 is 14.3 Å². The van der Waals surface area contributed by atoms with E-state index in [1.807, 2.05) is 12.1 Å². The lowest BCUT2D eigenvalue weighted by molar-refractivity contribution is -0.122. The molecule has 14 heavy (non-hydrogen) atoms. The Morgan fingerprint density at radius 1 is 1.36 bits per heavy atom. The van der Waals surface area contributed by atoms with E-state index in [4.69, 9.17) is 9.47 Å². The molecule has 0 spiro atoms. The Hall–Kier alpha value is -1.51. The van der Waals surface area contributed by atoms with E-state index in [1.165, 1.54) is 6.92 Å². The van der Waals surface area contributed by atoms with Crippen molar-refractivity contribution in [2.45, 2.75) is 20.0 Å². The highest BCUT2D eigenvalue weighted by atomic mass is 16.5. The highest BCUT2D eigenvalue weighted by Crippen LogP contribution is 2.19. The molecule has 0 N–H and O–H groups in total. The fourth-order valence-electron chi connectivity index (χ4n) is 0.962. The second-order valence-corrected chi connectivity index (χ2v) is 3.05. The topological polar surface area (TPSA) is 35.5 Å². The Morgan fingerprint density at radius 2 is 2.00 bits per heavy atom. The molecule has 0 bridgehead atoms. The first-order valence-electron chi connectivity index (χ1n) is 4.44. The molecule has 1 atom stereocenters. The SMILES string of the molecule is COc1cccc(O[C@@H](C)C(C)=O)c1. The fourth-order valence-corrected chi connectivity index (χ4v) is 0.962. The van der Waals surface area contributed by atoms with E-state index in [1.54, 1.807) is 26.2 Å². The fraction of sp³-hybridized carbons (Fsp3) is 0.364. The van der Waals surface area contributed by atoms with Gasteiger partial charge in [0.15, 0.2) is 11.9 Å². The number of rotatable bonds is 4. The summed E-state index contributed by atoms with van der Waals surface area (Å²) in [6.45, 7) is 3.23. The molecule has 1 aromatic rings. The van der Waals surface area contributed by atoms with Gasteiger partial charge in [0.2, 0.25) is 0 Å². The monoisotopic (exact) mass is 194 g/mol. The van der Waals surface area contributed by atoms with Crippen LogP contribution in [0.5, 0.6) is 11.5 Å². The van der Waals surface area contributed by atoms with Crippen molar-refractivity contribution in [1.29, 1.82) is 0 Å². The molecule has 0 saturated carbocycles. The van der Waals surface area contributed by atoms with Crippen LogP contribution in [-0.4, -0.2) is 19.0 Å². The number of ketones is 1. The van der Waals surface area contributed by atoms with Crippen LogP contribution in [0.15, 0.2) is 24.3 Å². The molecule has 0 heterocycles. The van der Waals surface area contributed by atoms with Gasteiger partial charge in [0.25, 0.3) is 0 Å². The Bertz CT molecular complexity index is 320. The van der Waals surface area contributed by atoms with Gasteiger partial charge >= 0.3 is 0 Å². The van der Waals surface area contributed by atoms with Crippen LogP contribution in [0.2, 0.25) is 0 Å². The van der Waals surface area contributed by atoms with E-state index in [9.17, 15) is 4.79 Å². The lowest BCUT2D eigenvalue weighted by Crippen LogP contribution is -2.20. The molecule has 0 fully saturated rings. The third-order valence-corrected chi connectivity index (χ3v) is 1.93. The average Bonchev–Trinajstić information content (AvgIpc) is 2.18. The summed E-state index contributed by atoms with van der Waals surface area (Å²) in [5, 5.41) is 0. The third-order valence-electron chi connectivity index (χ3n) is 1.93. The largest absolute Gasteiger partial charge is 0.497 e. The summed E-state index contributed by atoms with van der Waals surface area (Å²) in [5.41, 5.74) is 0. The van der Waals surface area contributed by atoms with Crippen LogP contribution in [0.25, 0.3) is 0 Å². The molecule has 0 unspecified atom stereocenters. The molecule has 0 aliphatic heterocycles. The lowest BCUT2D eigenvalue weighted by Gasteiger charge is -2.11. The van der Waals surface area contributed by atoms with Gasteiger partial charge in [0.05, 0.1) is 7.11 Å². The van der Waals surface area contributed by atoms with E-state index in [-0.39, 0.29) is 5.78 Å². The average molecular weight is 194 g/mol. The molecule has 76 valence electrons. The highest BCUT2D eigenvalue weighted by Gasteiger charge is 2.08. The van der Waals surface area contributed by atoms with E-state index in [0.29, 0.717) is 5.75 Å². The van der Waals surface area contributed by atoms with Gasteiger partial charge in [0, 0.05) is 6.07 Å². The third kappa shape index (κ3) is 2.76. The smallest absolute Gasteiger partial charge is 0.169 e. The van der Waals surface area contributed by atoms with Crippen LogP contribution in [0.3, 0.4) is 0 Å². The van der Waals surface area contributed by atoms with Crippen molar-refractivity contribution >= 4 is 5.78 Å². The molecular formula is C11H14O3. The first kappa shape index (κ1) is 10.6. The van der Waals surface area contributed by atoms with Crippen LogP contribution in [0.4, 0.5) is 0 Å². The Labute approximate surface area is 83.6 Å². The summed E-state index contributed by atoms with van der Waals surface area (Å²) in [6, 6.07) is 7.19. The minimum absolute atomic E-state index is 0.00724. The molecule has 1 aromatic carbocycles. The maximum absolute atomic E-state index is 10.9. The maximum atomic E-state index is 10.9. The maximum Gasteiger partial charge on any atom is 0.169 e. The van der Waals surface area contributed by atoms with E-state index in [2.05, 4.69) is 0 Å². The Balaban J connectivity index is 2.71. The lowest BCUT2D eigenvalue weighted by atomic mass is 10.3. The van der Waals surface area contributed by atoms with Crippen molar-refractivity contribution in [2.24, 2.45) is 0 Å². The van der Waals surface area contributed by atoms with Gasteiger partial charge < -0.3 is 9.47 Å². The predicted octanol–water partition coefficient (Wildman–Crippen LogP) is 2.05. The number of Topliss-reactive ketones (excluding diaryl/α,β-unsaturated/α-hetero) is 1. The van der Waals surface area contributed by atoms with Crippen LogP contribution in [0.1, 0.15) is 13.8 Å². The molecule has 0 aliphatic rings. The number of hydrogen-bond acceptors (Lipinski definition) is 3. The predicted molar refractivity (Wildman–Crippen MR) is 53.8 cm³/mol. The second kappa shape index (κ2) is 4.65. The van der Waals surface area contributed by atoms with Gasteiger partial charge in [-0.15, -0.1) is 0 Å². The van der Waals surface area contributed by atoms with E-state index < -0.39 is 6.10 Å². The molecule has 3 heteroatoms. The minimum atomic E-state index is -0.415. The number of methoxy groups -OCH3 is 1. The summed E-state index contributed by atoms with van der Waals surface area (Å²) in [5.74, 6) is 1.37. The molecular weight excluding hydrogens is 180 g/mol. The zero-order valence-electron chi connectivity index (χ0n) is 8.61. The molecule has 0 radical (unpaired) electrons. The van der Waals surface area contributed by atoms with Crippen molar-refractivity contribution in [3.05, 3.63) is 24.3 Å². The van der Waals surface area contributed by atoms with Gasteiger partial charge in [-0.05, 0) is 26.0 Å². The van der Waals surface area contributed by atoms with Gasteiger partial charge in [0.1, 0.15) is 11.5 Å². The zero-order valence-corrected chi connectivity index (χ0v) is 8.61. The van der Waals surface area contributed by atoms with Gasteiger partial charge in [-0.2, -0.15) is 0 Å². The van der Waals surface area contributed by atoms with Gasteiger partial charge in [-0.3, -0.25) is 4.79 Å². The van der Waals surface area contributed by atoms with Crippen LogP contribution < -0.4 is 9.47 Å². The number of carbonyl (C=O) groups excluding carboxylic acids is 1. The summed E-state index contributed by atoms with van der Waals surface area (Å²) in [4.78, 5) is 10.9. The van der Waals surface area contributed by atoms with Crippen LogP contribution in [-0.2, 0) is 4.79 Å². The Morgan fingerprint density at radius 3 is 2.57 bits per heavy atom. The first-order chi connectivity index (χ1) is 6.63. The van der Waals surface area contributed by atoms with Gasteiger partial charge in [-0.1, -0.05) is 6.07 Å². The zero-order chi connectivity index (χ0) is 10.6. The standard InChI is InChI=1S/C11H14O3/c1-8(12)9(2)14-11-6-4-5-10(7-11)13-3/h4-7,9H,1-3H3/t9-/m0/s1. The molecule has 0 aliphatic carbocycles. The quantitative estimate of drug-likeness (QED) is 0.735. The van der Waals surface area contributed by atoms with E-state index >= 15 is 0 Å². The van der Waals surface area contributed by atoms with Crippen molar-refractivity contribution in [3.63, 3.8) is 0 Å². The summed E-state index contributed by atoms with van der Waals surface area (Å²) in [6.07, 6.45) is -0.415. The number of ether oxygens (including phenoxy) is 2. The van der Waals surface area contributed by atoms with Gasteiger partial charge in [-0.25, -0.2) is 0 Å². The minimum Gasteiger partial charge on any atom is -0.497 e. The molecule has 0 aromatic heterocycles. The summed E-state index contributed by atoms with van der Waals surface area (Å²) < 4.78 is 10.4. The number of carbonyl (C=O) groups is 1. The van der Waals surface area contributed by atoms with Crippen molar-refractivity contribution in [1.82, 2.24) is 0 Å². The highest BCUT2D eigenvalue weighted by molar-refractivity contribution is 5.80. The number of hydrogen-bond donors (Lipinski definition) is 0. The summed E-state index contributed by atoms with van der Waals surface area (Å²) >= 11 is 0. The van der Waals surface area contributed by atoms with Crippen molar-refractivity contribution in [3.8, 4) is 11.5 Å². The van der Waals surface area contributed by atoms with Crippen molar-refractivity contribution in [2.75, 3.05) is 7.11 Å². The molecule has 3 nitrogen and oxygen atoms in total. The Kier molecular flexibility index (Phi) is 3.51. The second-order valence-electron chi connectivity index (χ2n) is 3.05. The molecule has 1 rings (SSSR count). The van der Waals surface area contributed by atoms with Crippen LogP contribution >= 0.6 is 0 Å². The molecule has 0 amide bonds. The van der Waals surface area contributed by atoms with Crippen LogP contribution in [0, 0.1) is 0 Å².